The van der Waals surface area contributed by atoms with Crippen molar-refractivity contribution in [1.82, 2.24) is 0 Å². The number of ether oxygens (including phenoxy) is 1. The predicted molar refractivity (Wildman–Crippen MR) is 74.8 cm³/mol. The number of halogens is 2. The van der Waals surface area contributed by atoms with Crippen LogP contribution in [0, 0.1) is 3.57 Å². The van der Waals surface area contributed by atoms with Gasteiger partial charge in [0.1, 0.15) is 6.29 Å². The van der Waals surface area contributed by atoms with Crippen molar-refractivity contribution in [1.29, 1.82) is 0 Å². The molecular weight excluding hydrogens is 372 g/mol. The lowest BCUT2D eigenvalue weighted by atomic mass is 10.1. The van der Waals surface area contributed by atoms with Crippen LogP contribution >= 0.6 is 34.2 Å². The molecule has 1 aromatic rings. The number of nitrogens with one attached hydrogen (secondary N) is 1. The van der Waals surface area contributed by atoms with Crippen LogP contribution in [-0.2, 0) is 14.3 Å². The highest BCUT2D eigenvalue weighted by atomic mass is 127. The lowest BCUT2D eigenvalue weighted by Crippen LogP contribution is -2.16. The number of hydrogen-bond acceptors (Lipinski definition) is 4. The number of benzene rings is 1. The topological polar surface area (TPSA) is 72.5 Å². The van der Waals surface area contributed by atoms with E-state index < -0.39 is 11.9 Å². The fraction of sp³-hybridized carbons (Fsp3) is 0.182. The predicted octanol–water partition coefficient (Wildman–Crippen LogP) is 2.26. The fourth-order valence-electron chi connectivity index (χ4n) is 1.26. The highest BCUT2D eigenvalue weighted by Gasteiger charge is 2.18. The molecule has 0 aliphatic heterocycles. The van der Waals surface area contributed by atoms with Crippen LogP contribution in [-0.4, -0.2) is 25.3 Å². The maximum absolute atomic E-state index is 11.6. The molecule has 96 valence electrons. The van der Waals surface area contributed by atoms with Crippen molar-refractivity contribution < 1.29 is 19.1 Å². The first-order valence-electron chi connectivity index (χ1n) is 4.80. The smallest absolute Gasteiger partial charge is 0.341 e. The third-order valence-corrected chi connectivity index (χ3v) is 3.06. The summed E-state index contributed by atoms with van der Waals surface area (Å²) >= 11 is 7.76. The third-order valence-electron chi connectivity index (χ3n) is 1.99. The number of hydrogen-bond donors (Lipinski definition) is 1. The molecule has 0 bridgehead atoms. The van der Waals surface area contributed by atoms with Crippen LogP contribution in [0.1, 0.15) is 16.8 Å². The minimum atomic E-state index is -0.586. The Kier molecular flexibility index (Phi) is 5.54. The van der Waals surface area contributed by atoms with Gasteiger partial charge in [0.2, 0.25) is 5.91 Å². The Morgan fingerprint density at radius 1 is 1.50 bits per heavy atom. The number of carbonyl (C=O) groups is 3. The second-order valence-electron chi connectivity index (χ2n) is 3.22. The molecule has 1 rings (SSSR count). The van der Waals surface area contributed by atoms with E-state index in [0.29, 0.717) is 14.9 Å². The van der Waals surface area contributed by atoms with E-state index in [1.807, 2.05) is 22.6 Å². The molecule has 1 aromatic carbocycles. The Morgan fingerprint density at radius 2 is 2.17 bits per heavy atom. The van der Waals surface area contributed by atoms with Crippen LogP contribution in [0.15, 0.2) is 12.1 Å². The maximum atomic E-state index is 11.6. The summed E-state index contributed by atoms with van der Waals surface area (Å²) in [4.78, 5) is 33.2. The number of anilines is 1. The Hall–Kier alpha value is -1.15. The average Bonchev–Trinajstić information content (AvgIpc) is 2.27. The van der Waals surface area contributed by atoms with Gasteiger partial charge in [-0.05, 0) is 34.7 Å². The van der Waals surface area contributed by atoms with Crippen LogP contribution in [0.2, 0.25) is 5.02 Å². The van der Waals surface area contributed by atoms with Crippen molar-refractivity contribution in [2.45, 2.75) is 6.42 Å². The van der Waals surface area contributed by atoms with Crippen LogP contribution in [0.5, 0.6) is 0 Å². The van der Waals surface area contributed by atoms with Gasteiger partial charge in [-0.15, -0.1) is 0 Å². The molecule has 5 nitrogen and oxygen atoms in total. The molecular formula is C11H9ClINO4. The normalized spacial score (nSPS) is 9.72. The van der Waals surface area contributed by atoms with Gasteiger partial charge in [0, 0.05) is 8.59 Å². The summed E-state index contributed by atoms with van der Waals surface area (Å²) in [6.45, 7) is 0. The molecule has 7 heteroatoms. The zero-order chi connectivity index (χ0) is 13.7. The Morgan fingerprint density at radius 3 is 2.72 bits per heavy atom. The highest BCUT2D eigenvalue weighted by molar-refractivity contribution is 14.1. The van der Waals surface area contributed by atoms with Crippen LogP contribution < -0.4 is 5.32 Å². The Labute approximate surface area is 122 Å². The first-order chi connectivity index (χ1) is 8.49. The van der Waals surface area contributed by atoms with Crippen molar-refractivity contribution in [3.63, 3.8) is 0 Å². The van der Waals surface area contributed by atoms with E-state index in [-0.39, 0.29) is 17.7 Å². The van der Waals surface area contributed by atoms with E-state index in [9.17, 15) is 14.4 Å². The second kappa shape index (κ2) is 6.69. The summed E-state index contributed by atoms with van der Waals surface area (Å²) in [5.74, 6) is -1.11. The Bertz CT molecular complexity index is 504. The molecule has 0 saturated carbocycles. The van der Waals surface area contributed by atoms with Crippen molar-refractivity contribution in [3.8, 4) is 0 Å². The van der Waals surface area contributed by atoms with Crippen LogP contribution in [0.3, 0.4) is 0 Å². The van der Waals surface area contributed by atoms with Gasteiger partial charge in [0.25, 0.3) is 0 Å². The summed E-state index contributed by atoms with van der Waals surface area (Å²) in [5, 5.41) is 2.82. The summed E-state index contributed by atoms with van der Waals surface area (Å²) in [6, 6.07) is 3.00. The quantitative estimate of drug-likeness (QED) is 0.376. The largest absolute Gasteiger partial charge is 0.465 e. The van der Waals surface area contributed by atoms with Gasteiger partial charge < -0.3 is 14.8 Å². The monoisotopic (exact) mass is 381 g/mol. The van der Waals surface area contributed by atoms with E-state index >= 15 is 0 Å². The number of esters is 1. The van der Waals surface area contributed by atoms with Gasteiger partial charge in [0.15, 0.2) is 0 Å². The molecule has 0 saturated heterocycles. The Balaban J connectivity index is 3.19. The highest BCUT2D eigenvalue weighted by Crippen LogP contribution is 2.27. The van der Waals surface area contributed by atoms with E-state index in [0.717, 1.165) is 0 Å². The van der Waals surface area contributed by atoms with E-state index in [2.05, 4.69) is 10.1 Å². The molecule has 0 radical (unpaired) electrons. The van der Waals surface area contributed by atoms with Gasteiger partial charge in [-0.25, -0.2) is 4.79 Å². The molecule has 0 aromatic heterocycles. The fourth-order valence-corrected chi connectivity index (χ4v) is 2.51. The van der Waals surface area contributed by atoms with E-state index in [4.69, 9.17) is 11.6 Å². The number of methoxy groups -OCH3 is 1. The summed E-state index contributed by atoms with van der Waals surface area (Å²) < 4.78 is 5.18. The standard InChI is InChI=1S/C11H9ClINO4/c1-18-11(17)10-7(13)4-6(12)5-8(10)14-9(16)2-3-15/h3-5H,2H2,1H3,(H,14,16). The van der Waals surface area contributed by atoms with Crippen LogP contribution in [0.25, 0.3) is 0 Å². The SMILES string of the molecule is COC(=O)c1c(I)cc(Cl)cc1NC(=O)CC=O. The van der Waals surface area contributed by atoms with Crippen LogP contribution in [0.4, 0.5) is 5.69 Å². The molecule has 0 aliphatic carbocycles. The first-order valence-corrected chi connectivity index (χ1v) is 6.26. The van der Waals surface area contributed by atoms with E-state index in [1.165, 1.54) is 13.2 Å². The lowest BCUT2D eigenvalue weighted by molar-refractivity contribution is -0.119. The minimum absolute atomic E-state index is 0.210. The van der Waals surface area contributed by atoms with Gasteiger partial charge in [-0.2, -0.15) is 0 Å². The number of amides is 1. The average molecular weight is 382 g/mol. The maximum Gasteiger partial charge on any atom is 0.341 e. The number of rotatable bonds is 4. The summed E-state index contributed by atoms with van der Waals surface area (Å²) in [7, 11) is 1.24. The van der Waals surface area contributed by atoms with Crippen molar-refractivity contribution in [2.75, 3.05) is 12.4 Å². The van der Waals surface area contributed by atoms with Gasteiger partial charge in [-0.1, -0.05) is 11.6 Å². The third kappa shape index (κ3) is 3.67. The zero-order valence-corrected chi connectivity index (χ0v) is 12.2. The minimum Gasteiger partial charge on any atom is -0.465 e. The van der Waals surface area contributed by atoms with Crippen molar-refractivity contribution >= 4 is 58.0 Å². The van der Waals surface area contributed by atoms with Gasteiger partial charge in [-0.3, -0.25) is 4.79 Å². The van der Waals surface area contributed by atoms with Crippen molar-refractivity contribution in [3.05, 3.63) is 26.3 Å². The molecule has 1 N–H and O–H groups in total. The summed E-state index contributed by atoms with van der Waals surface area (Å²) in [6.07, 6.45) is 0.187. The molecule has 0 aliphatic rings. The van der Waals surface area contributed by atoms with Gasteiger partial charge in [0.05, 0.1) is 24.8 Å². The van der Waals surface area contributed by atoms with Crippen molar-refractivity contribution in [2.24, 2.45) is 0 Å². The molecule has 18 heavy (non-hydrogen) atoms. The number of aldehydes is 1. The number of carbonyl (C=O) groups excluding carboxylic acids is 3. The molecule has 0 fully saturated rings. The molecule has 0 spiro atoms. The molecule has 0 heterocycles. The lowest BCUT2D eigenvalue weighted by Gasteiger charge is -2.11. The zero-order valence-electron chi connectivity index (χ0n) is 9.33. The molecule has 0 unspecified atom stereocenters. The molecule has 0 atom stereocenters. The van der Waals surface area contributed by atoms with E-state index in [1.54, 1.807) is 6.07 Å². The summed E-state index contributed by atoms with van der Waals surface area (Å²) in [5.41, 5.74) is 0.437. The van der Waals surface area contributed by atoms with Gasteiger partial charge >= 0.3 is 5.97 Å². The molecule has 1 amide bonds. The first kappa shape index (κ1) is 14.9. The second-order valence-corrected chi connectivity index (χ2v) is 4.82.